The van der Waals surface area contributed by atoms with E-state index in [2.05, 4.69) is 4.98 Å². The molecule has 0 saturated heterocycles. The molecule has 1 unspecified atom stereocenters. The zero-order chi connectivity index (χ0) is 22.5. The molecular formula is C25H20ClN3O2S. The number of benzene rings is 2. The minimum atomic E-state index is -1.56. The summed E-state index contributed by atoms with van der Waals surface area (Å²) in [5, 5.41) is 15.9. The minimum Gasteiger partial charge on any atom is -0.374 e. The molecule has 32 heavy (non-hydrogen) atoms. The summed E-state index contributed by atoms with van der Waals surface area (Å²) in [6, 6.07) is 18.5. The van der Waals surface area contributed by atoms with Crippen LogP contribution in [0.2, 0.25) is 5.02 Å². The van der Waals surface area contributed by atoms with Crippen molar-refractivity contribution >= 4 is 33.8 Å². The van der Waals surface area contributed by atoms with Gasteiger partial charge in [0.15, 0.2) is 5.60 Å². The smallest absolute Gasteiger partial charge is 0.251 e. The fraction of sp³-hybridized carbons (Fsp3) is 0.120. The number of hydrogen-bond donors (Lipinski definition) is 1. The second-order valence-electron chi connectivity index (χ2n) is 7.74. The second-order valence-corrected chi connectivity index (χ2v) is 9.13. The third kappa shape index (κ3) is 3.11. The van der Waals surface area contributed by atoms with Crippen molar-refractivity contribution in [2.45, 2.75) is 5.60 Å². The van der Waals surface area contributed by atoms with Crippen LogP contribution >= 0.6 is 22.9 Å². The molecule has 5 rings (SSSR count). The fourth-order valence-electron chi connectivity index (χ4n) is 4.30. The molecule has 160 valence electrons. The summed E-state index contributed by atoms with van der Waals surface area (Å²) in [7, 11) is 3.57. The van der Waals surface area contributed by atoms with E-state index in [1.165, 1.54) is 0 Å². The normalized spacial score (nSPS) is 13.4. The first-order valence-electron chi connectivity index (χ1n) is 10.0. The number of pyridine rings is 1. The molecule has 0 radical (unpaired) electrons. The molecule has 0 aliphatic heterocycles. The molecule has 0 amide bonds. The molecule has 0 aliphatic rings. The quantitative estimate of drug-likeness (QED) is 0.412. The van der Waals surface area contributed by atoms with Crippen molar-refractivity contribution < 1.29 is 5.11 Å². The number of halogens is 1. The van der Waals surface area contributed by atoms with Crippen LogP contribution in [0.15, 0.2) is 83.4 Å². The maximum absolute atomic E-state index is 13.0. The highest BCUT2D eigenvalue weighted by Crippen LogP contribution is 2.41. The Kier molecular flexibility index (Phi) is 5.01. The Bertz CT molecular complexity index is 1490. The highest BCUT2D eigenvalue weighted by atomic mass is 35.5. The van der Waals surface area contributed by atoms with Crippen LogP contribution in [0.4, 0.5) is 0 Å². The second kappa shape index (κ2) is 7.74. The first-order chi connectivity index (χ1) is 15.4. The van der Waals surface area contributed by atoms with E-state index in [9.17, 15) is 9.90 Å². The number of aliphatic hydroxyl groups is 1. The Balaban J connectivity index is 1.92. The monoisotopic (exact) mass is 461 g/mol. The summed E-state index contributed by atoms with van der Waals surface area (Å²) in [5.74, 6) is 0. The van der Waals surface area contributed by atoms with E-state index in [1.807, 2.05) is 42.8 Å². The standard InChI is InChI=1S/C25H20ClN3O2S/c1-28-15-27-14-22(28)25(31,16-8-10-17(26)11-9-16)20-6-3-5-18-19(21-7-4-12-32-21)13-23(30)29(2)24(18)20/h3-15,31H,1-2H3. The van der Waals surface area contributed by atoms with Gasteiger partial charge in [0.25, 0.3) is 5.56 Å². The summed E-state index contributed by atoms with van der Waals surface area (Å²) < 4.78 is 3.38. The van der Waals surface area contributed by atoms with Gasteiger partial charge < -0.3 is 14.2 Å². The molecule has 3 aromatic heterocycles. The van der Waals surface area contributed by atoms with Crippen LogP contribution in [0.25, 0.3) is 21.3 Å². The Morgan fingerprint density at radius 3 is 2.50 bits per heavy atom. The predicted molar refractivity (Wildman–Crippen MR) is 129 cm³/mol. The van der Waals surface area contributed by atoms with E-state index in [4.69, 9.17) is 11.6 Å². The van der Waals surface area contributed by atoms with Gasteiger partial charge in [-0.3, -0.25) is 4.79 Å². The van der Waals surface area contributed by atoms with Crippen molar-refractivity contribution in [2.75, 3.05) is 0 Å². The van der Waals surface area contributed by atoms with Crippen molar-refractivity contribution in [3.8, 4) is 10.4 Å². The first kappa shape index (κ1) is 20.7. The van der Waals surface area contributed by atoms with Crippen LogP contribution in [0.3, 0.4) is 0 Å². The van der Waals surface area contributed by atoms with Crippen molar-refractivity contribution in [3.63, 3.8) is 0 Å². The molecule has 5 nitrogen and oxygen atoms in total. The van der Waals surface area contributed by atoms with Gasteiger partial charge in [-0.25, -0.2) is 4.98 Å². The van der Waals surface area contributed by atoms with E-state index in [0.29, 0.717) is 27.4 Å². The largest absolute Gasteiger partial charge is 0.374 e. The van der Waals surface area contributed by atoms with Gasteiger partial charge in [-0.1, -0.05) is 48.0 Å². The highest BCUT2D eigenvalue weighted by molar-refractivity contribution is 7.13. The van der Waals surface area contributed by atoms with Gasteiger partial charge in [0, 0.05) is 46.6 Å². The molecule has 0 spiro atoms. The fourth-order valence-corrected chi connectivity index (χ4v) is 5.18. The van der Waals surface area contributed by atoms with Crippen molar-refractivity contribution in [3.05, 3.63) is 111 Å². The lowest BCUT2D eigenvalue weighted by Gasteiger charge is -2.31. The van der Waals surface area contributed by atoms with Gasteiger partial charge in [-0.15, -0.1) is 11.3 Å². The number of thiophene rings is 1. The molecule has 0 saturated carbocycles. The average molecular weight is 462 g/mol. The van der Waals surface area contributed by atoms with Crippen molar-refractivity contribution in [1.29, 1.82) is 0 Å². The van der Waals surface area contributed by atoms with E-state index in [-0.39, 0.29) is 5.56 Å². The molecule has 7 heteroatoms. The molecule has 1 atom stereocenters. The van der Waals surface area contributed by atoms with Crippen LogP contribution in [0, 0.1) is 0 Å². The maximum atomic E-state index is 13.0. The predicted octanol–water partition coefficient (Wildman–Crippen LogP) is 4.94. The topological polar surface area (TPSA) is 60.0 Å². The van der Waals surface area contributed by atoms with Gasteiger partial charge in [-0.2, -0.15) is 0 Å². The summed E-state index contributed by atoms with van der Waals surface area (Å²) >= 11 is 7.72. The number of para-hydroxylation sites is 1. The molecule has 5 aromatic rings. The van der Waals surface area contributed by atoms with E-state index >= 15 is 0 Å². The summed E-state index contributed by atoms with van der Waals surface area (Å²) in [6.07, 6.45) is 3.30. The van der Waals surface area contributed by atoms with Gasteiger partial charge >= 0.3 is 0 Å². The highest BCUT2D eigenvalue weighted by Gasteiger charge is 2.38. The van der Waals surface area contributed by atoms with Crippen molar-refractivity contribution in [1.82, 2.24) is 14.1 Å². The number of aryl methyl sites for hydroxylation is 2. The number of aromatic nitrogens is 3. The van der Waals surface area contributed by atoms with E-state index in [0.717, 1.165) is 15.8 Å². The average Bonchev–Trinajstić information content (AvgIpc) is 3.48. The molecule has 1 N–H and O–H groups in total. The Hall–Kier alpha value is -3.19. The lowest BCUT2D eigenvalue weighted by Crippen LogP contribution is -2.33. The molecule has 0 fully saturated rings. The molecular weight excluding hydrogens is 442 g/mol. The molecule has 0 aliphatic carbocycles. The molecule has 3 heterocycles. The molecule has 0 bridgehead atoms. The van der Waals surface area contributed by atoms with Gasteiger partial charge in [0.05, 0.1) is 23.7 Å². The summed E-state index contributed by atoms with van der Waals surface area (Å²) in [6.45, 7) is 0. The number of fused-ring (bicyclic) bond motifs is 1. The van der Waals surface area contributed by atoms with Crippen LogP contribution in [0.5, 0.6) is 0 Å². The Labute approximate surface area is 193 Å². The van der Waals surface area contributed by atoms with Gasteiger partial charge in [0.1, 0.15) is 0 Å². The van der Waals surface area contributed by atoms with Gasteiger partial charge in [-0.05, 0) is 29.1 Å². The number of nitrogens with zero attached hydrogens (tertiary/aromatic N) is 3. The zero-order valence-corrected chi connectivity index (χ0v) is 19.1. The maximum Gasteiger partial charge on any atom is 0.251 e. The van der Waals surface area contributed by atoms with Crippen LogP contribution in [0.1, 0.15) is 16.8 Å². The minimum absolute atomic E-state index is 0.142. The lowest BCUT2D eigenvalue weighted by molar-refractivity contribution is 0.118. The van der Waals surface area contributed by atoms with Crippen molar-refractivity contribution in [2.24, 2.45) is 14.1 Å². The Morgan fingerprint density at radius 1 is 1.06 bits per heavy atom. The third-order valence-electron chi connectivity index (χ3n) is 5.89. The van der Waals surface area contributed by atoms with E-state index < -0.39 is 5.60 Å². The zero-order valence-electron chi connectivity index (χ0n) is 17.5. The van der Waals surface area contributed by atoms with Gasteiger partial charge in [0.2, 0.25) is 0 Å². The lowest BCUT2D eigenvalue weighted by atomic mass is 9.82. The number of hydrogen-bond acceptors (Lipinski definition) is 4. The first-order valence-corrected chi connectivity index (χ1v) is 11.3. The Morgan fingerprint density at radius 2 is 1.84 bits per heavy atom. The molecule has 2 aromatic carbocycles. The third-order valence-corrected chi connectivity index (χ3v) is 7.04. The number of imidazole rings is 1. The SMILES string of the molecule is Cn1cncc1C(O)(c1ccc(Cl)cc1)c1cccc2c(-c3cccs3)cc(=O)n(C)c12. The van der Waals surface area contributed by atoms with E-state index in [1.54, 1.807) is 70.4 Å². The number of rotatable bonds is 4. The summed E-state index contributed by atoms with van der Waals surface area (Å²) in [4.78, 5) is 18.3. The van der Waals surface area contributed by atoms with Crippen LogP contribution in [-0.4, -0.2) is 19.2 Å². The summed E-state index contributed by atoms with van der Waals surface area (Å²) in [5.41, 5.74) is 1.63. The van der Waals surface area contributed by atoms with Crippen LogP contribution < -0.4 is 5.56 Å². The van der Waals surface area contributed by atoms with Crippen LogP contribution in [-0.2, 0) is 19.7 Å².